The van der Waals surface area contributed by atoms with Crippen LogP contribution in [0.15, 0.2) is 82.9 Å². The van der Waals surface area contributed by atoms with Crippen LogP contribution in [-0.4, -0.2) is 20.6 Å². The van der Waals surface area contributed by atoms with E-state index >= 15 is 0 Å². The molecule has 2 aromatic heterocycles. The minimum atomic E-state index is -0.187. The zero-order valence-electron chi connectivity index (χ0n) is 24.8. The number of thiophene rings is 1. The molecule has 7 heteroatoms. The van der Waals surface area contributed by atoms with Gasteiger partial charge in [-0.2, -0.15) is 0 Å². The number of hydrogen-bond acceptors (Lipinski definition) is 4. The summed E-state index contributed by atoms with van der Waals surface area (Å²) in [6.07, 6.45) is 22.0. The molecule has 224 valence electrons. The summed E-state index contributed by atoms with van der Waals surface area (Å²) in [4.78, 5) is 24.0. The molecule has 0 amide bonds. The summed E-state index contributed by atoms with van der Waals surface area (Å²) >= 11 is 7.64. The number of allylic oxidation sites excluding steroid dienone is 4. The van der Waals surface area contributed by atoms with Crippen LogP contribution in [0.5, 0.6) is 0 Å². The number of hydrogen-bond donors (Lipinski definition) is 0. The molecule has 0 N–H and O–H groups in total. The number of terminal acetylenes is 1. The molecule has 1 fully saturated rings. The smallest absolute Gasteiger partial charge is 0.267 e. The Morgan fingerprint density at radius 2 is 1.95 bits per heavy atom. The maximum absolute atomic E-state index is 13.5. The fourth-order valence-corrected chi connectivity index (χ4v) is 7.53. The molecule has 2 aliphatic rings. The normalized spacial score (nSPS) is 21.0. The fourth-order valence-electron chi connectivity index (χ4n) is 6.31. The number of nitrogens with zero attached hydrogens (tertiary/aromatic N) is 3. The van der Waals surface area contributed by atoms with E-state index in [9.17, 15) is 9.18 Å². The van der Waals surface area contributed by atoms with E-state index in [2.05, 4.69) is 17.0 Å². The van der Waals surface area contributed by atoms with Crippen molar-refractivity contribution in [3.63, 3.8) is 0 Å². The zero-order valence-corrected chi connectivity index (χ0v) is 26.4. The molecule has 3 atom stereocenters. The Labute approximate surface area is 267 Å². The molecular formula is C37H35ClFN3OS. The molecule has 3 unspecified atom stereocenters. The van der Waals surface area contributed by atoms with Gasteiger partial charge in [-0.1, -0.05) is 55.5 Å². The summed E-state index contributed by atoms with van der Waals surface area (Å²) in [6.45, 7) is 1.99. The summed E-state index contributed by atoms with van der Waals surface area (Å²) in [5.74, 6) is 3.58. The second-order valence-corrected chi connectivity index (χ2v) is 13.5. The van der Waals surface area contributed by atoms with Crippen LogP contribution in [0.4, 0.5) is 10.1 Å². The predicted molar refractivity (Wildman–Crippen MR) is 182 cm³/mol. The van der Waals surface area contributed by atoms with Gasteiger partial charge in [-0.15, -0.1) is 29.4 Å². The van der Waals surface area contributed by atoms with Crippen molar-refractivity contribution < 1.29 is 4.39 Å². The molecule has 4 aromatic rings. The van der Waals surface area contributed by atoms with Crippen molar-refractivity contribution in [2.24, 2.45) is 10.9 Å². The lowest BCUT2D eigenvalue weighted by Crippen LogP contribution is -2.17. The summed E-state index contributed by atoms with van der Waals surface area (Å²) in [6, 6.07) is 14.8. The number of fused-ring (bicyclic) bond motifs is 1. The highest BCUT2D eigenvalue weighted by Crippen LogP contribution is 2.35. The third-order valence-electron chi connectivity index (χ3n) is 8.81. The standard InChI is InChI=1S/C37H35ClFN3OS/c1-3-31(21-25-6-4-5-7-26(9-8-25)27-12-16-30(39)17-13-27)41-33-19-18-32(20-24(33)2)42-23-40-34-22-35(44-36(34)37(42)43)28-10-14-29(38)15-11-28/h1,10-14,16-20,22-23,25-26,29H,4-9,15,21H2,2H3. The van der Waals surface area contributed by atoms with E-state index in [1.54, 1.807) is 23.0 Å². The van der Waals surface area contributed by atoms with Crippen molar-refractivity contribution in [2.75, 3.05) is 0 Å². The van der Waals surface area contributed by atoms with E-state index < -0.39 is 0 Å². The molecule has 1 saturated carbocycles. The Balaban J connectivity index is 1.18. The molecule has 0 bridgehead atoms. The van der Waals surface area contributed by atoms with E-state index in [4.69, 9.17) is 23.0 Å². The number of benzene rings is 2. The molecule has 2 aliphatic carbocycles. The molecule has 0 spiro atoms. The topological polar surface area (TPSA) is 47.2 Å². The van der Waals surface area contributed by atoms with E-state index in [1.807, 2.05) is 55.5 Å². The second kappa shape index (κ2) is 13.5. The van der Waals surface area contributed by atoms with Gasteiger partial charge in [-0.3, -0.25) is 9.36 Å². The number of alkyl halides is 1. The molecule has 0 radical (unpaired) electrons. The zero-order chi connectivity index (χ0) is 30.6. The van der Waals surface area contributed by atoms with Crippen LogP contribution in [0.3, 0.4) is 0 Å². The van der Waals surface area contributed by atoms with Gasteiger partial charge in [0.2, 0.25) is 0 Å². The predicted octanol–water partition coefficient (Wildman–Crippen LogP) is 9.70. The summed E-state index contributed by atoms with van der Waals surface area (Å²) in [7, 11) is 0. The minimum absolute atomic E-state index is 0.0129. The van der Waals surface area contributed by atoms with Crippen molar-refractivity contribution >= 4 is 50.1 Å². The summed E-state index contributed by atoms with van der Waals surface area (Å²) < 4.78 is 15.7. The largest absolute Gasteiger partial charge is 0.275 e. The summed E-state index contributed by atoms with van der Waals surface area (Å²) in [5, 5.41) is 0.0129. The minimum Gasteiger partial charge on any atom is -0.267 e. The number of aromatic nitrogens is 2. The first-order valence-electron chi connectivity index (χ1n) is 15.3. The number of aryl methyl sites for hydroxylation is 1. The highest BCUT2D eigenvalue weighted by Gasteiger charge is 2.20. The van der Waals surface area contributed by atoms with Crippen molar-refractivity contribution in [3.8, 4) is 18.0 Å². The third kappa shape index (κ3) is 6.80. The lowest BCUT2D eigenvalue weighted by atomic mass is 9.80. The second-order valence-electron chi connectivity index (χ2n) is 11.9. The molecule has 6 rings (SSSR count). The van der Waals surface area contributed by atoms with Crippen LogP contribution >= 0.6 is 22.9 Å². The molecule has 2 heterocycles. The average Bonchev–Trinajstić information content (AvgIpc) is 3.46. The first-order chi connectivity index (χ1) is 21.4. The Kier molecular flexibility index (Phi) is 9.25. The van der Waals surface area contributed by atoms with Crippen LogP contribution in [0.2, 0.25) is 0 Å². The van der Waals surface area contributed by atoms with E-state index in [0.717, 1.165) is 84.5 Å². The quantitative estimate of drug-likeness (QED) is 0.122. The van der Waals surface area contributed by atoms with Crippen molar-refractivity contribution in [3.05, 3.63) is 105 Å². The first-order valence-corrected chi connectivity index (χ1v) is 16.6. The van der Waals surface area contributed by atoms with Gasteiger partial charge < -0.3 is 0 Å². The molecular weight excluding hydrogens is 589 g/mol. The van der Waals surface area contributed by atoms with Crippen LogP contribution in [0.1, 0.15) is 73.3 Å². The van der Waals surface area contributed by atoms with E-state index in [0.29, 0.717) is 22.1 Å². The maximum Gasteiger partial charge on any atom is 0.275 e. The van der Waals surface area contributed by atoms with Gasteiger partial charge in [-0.25, -0.2) is 14.4 Å². The van der Waals surface area contributed by atoms with Gasteiger partial charge in [0, 0.05) is 11.3 Å². The Bertz CT molecular complexity index is 1860. The lowest BCUT2D eigenvalue weighted by molar-refractivity contribution is 0.363. The van der Waals surface area contributed by atoms with Gasteiger partial charge in [0.1, 0.15) is 16.8 Å². The first kappa shape index (κ1) is 30.2. The maximum atomic E-state index is 13.5. The van der Waals surface area contributed by atoms with Gasteiger partial charge >= 0.3 is 0 Å². The van der Waals surface area contributed by atoms with Crippen molar-refractivity contribution in [2.45, 2.75) is 69.6 Å². The van der Waals surface area contributed by atoms with Crippen LogP contribution in [-0.2, 0) is 0 Å². The Morgan fingerprint density at radius 1 is 1.14 bits per heavy atom. The molecule has 0 saturated heterocycles. The summed E-state index contributed by atoms with van der Waals surface area (Å²) in [5.41, 5.74) is 6.15. The highest BCUT2D eigenvalue weighted by atomic mass is 35.5. The van der Waals surface area contributed by atoms with Crippen LogP contribution < -0.4 is 5.56 Å². The highest BCUT2D eigenvalue weighted by molar-refractivity contribution is 7.20. The number of aliphatic imine (C=N–C) groups is 1. The van der Waals surface area contributed by atoms with E-state index in [-0.39, 0.29) is 16.8 Å². The van der Waals surface area contributed by atoms with Crippen molar-refractivity contribution in [1.29, 1.82) is 0 Å². The molecule has 4 nitrogen and oxygen atoms in total. The fraction of sp³-hybridized carbons (Fsp3) is 0.324. The van der Waals surface area contributed by atoms with E-state index in [1.165, 1.54) is 16.9 Å². The van der Waals surface area contributed by atoms with Crippen molar-refractivity contribution in [1.82, 2.24) is 9.55 Å². The number of rotatable bonds is 6. The van der Waals surface area contributed by atoms with Crippen LogP contribution in [0, 0.1) is 31.0 Å². The third-order valence-corrected chi connectivity index (χ3v) is 10.3. The monoisotopic (exact) mass is 623 g/mol. The molecule has 2 aromatic carbocycles. The molecule has 0 aliphatic heterocycles. The van der Waals surface area contributed by atoms with Gasteiger partial charge in [0.15, 0.2) is 0 Å². The average molecular weight is 624 g/mol. The SMILES string of the molecule is C#CC(CC1CCCCC(c2ccc(F)cc2)CC1)=Nc1ccc(-n2cnc3cc(C4=CCC(Cl)C=C4)sc3c2=O)cc1C. The van der Waals surface area contributed by atoms with Crippen LogP contribution in [0.25, 0.3) is 21.5 Å². The van der Waals surface area contributed by atoms with Gasteiger partial charge in [0.25, 0.3) is 5.56 Å². The van der Waals surface area contributed by atoms with Gasteiger partial charge in [0.05, 0.1) is 28.0 Å². The lowest BCUT2D eigenvalue weighted by Gasteiger charge is -2.25. The number of halogens is 2. The Morgan fingerprint density at radius 3 is 2.70 bits per heavy atom. The molecule has 44 heavy (non-hydrogen) atoms. The Hall–Kier alpha value is -3.79. The van der Waals surface area contributed by atoms with Gasteiger partial charge in [-0.05, 0) is 97.5 Å².